The summed E-state index contributed by atoms with van der Waals surface area (Å²) >= 11 is -2.31. The van der Waals surface area contributed by atoms with Crippen LogP contribution in [0, 0.1) is 0 Å². The minimum Gasteiger partial charge on any atom is 2.00 e. The Morgan fingerprint density at radius 2 is 1.44 bits per heavy atom. The van der Waals surface area contributed by atoms with Gasteiger partial charge in [0.2, 0.25) is 6.16 Å². The van der Waals surface area contributed by atoms with E-state index in [4.69, 9.17) is 32.1 Å². The van der Waals surface area contributed by atoms with Crippen molar-refractivity contribution in [3.05, 3.63) is 0 Å². The molecule has 11 heteroatoms. The third-order valence-electron chi connectivity index (χ3n) is 1.15. The summed E-state index contributed by atoms with van der Waals surface area (Å²) in [5.41, 5.74) is 0. The number of aliphatic hydroxyl groups excluding tert-OH is 3. The van der Waals surface area contributed by atoms with E-state index in [1.54, 1.807) is 0 Å². The van der Waals surface area contributed by atoms with Crippen molar-refractivity contribution in [2.75, 3.05) is 0 Å². The molecule has 0 spiro atoms. The average molecular weight is 292 g/mol. The maximum atomic E-state index is 9.87. The maximum absolute atomic E-state index is 9.87. The fourth-order valence-electron chi connectivity index (χ4n) is 0.458. The van der Waals surface area contributed by atoms with E-state index < -0.39 is 60.9 Å². The molecule has 0 radical (unpaired) electrons. The second-order valence-corrected chi connectivity index (χ2v) is 4.15. The number of hydrogen-bond donors (Lipinski definition) is 5. The van der Waals surface area contributed by atoms with Crippen molar-refractivity contribution in [3.8, 4) is 0 Å². The Hall–Kier alpha value is 1.10. The number of carboxylic acid groups (broad SMARTS) is 3. The number of aliphatic hydroxyl groups is 3. The summed E-state index contributed by atoms with van der Waals surface area (Å²) in [6.07, 6.45) is -6.06. The van der Waals surface area contributed by atoms with Gasteiger partial charge in [-0.05, 0) is 0 Å². The topological polar surface area (TPSA) is 181 Å². The summed E-state index contributed by atoms with van der Waals surface area (Å²) in [5, 5.41) is 51.1. The molecule has 0 saturated carbocycles. The Kier molecular flexibility index (Phi) is 17.5. The molecule has 0 heterocycles. The molecule has 0 fully saturated rings. The van der Waals surface area contributed by atoms with Crippen LogP contribution < -0.4 is 10.2 Å². The Morgan fingerprint density at radius 3 is 1.62 bits per heavy atom. The molecular weight excluding hydrogens is 284 g/mol. The fraction of sp³-hybridized carbons (Fsp3) is 0.600. The number of aliphatic carboxylic acids is 1. The van der Waals surface area contributed by atoms with E-state index >= 15 is 0 Å². The van der Waals surface area contributed by atoms with Crippen molar-refractivity contribution in [2.45, 2.75) is 14.4 Å². The zero-order valence-corrected chi connectivity index (χ0v) is 12.4. The minimum absolute atomic E-state index is 0. The molecular formula is C5H8Ca2O9. The Labute approximate surface area is 139 Å². The fourth-order valence-corrected chi connectivity index (χ4v) is 1.20. The quantitative estimate of drug-likeness (QED) is 0.315. The van der Waals surface area contributed by atoms with E-state index in [9.17, 15) is 9.90 Å². The standard InChI is InChI=1S/C4H7O5.CH2O3.2Ca.H2O/c5-1-2(6)3(7)4(8)9;2-1(3)4;;;/h1-3,5-7H,(H,8,9);(H2,2,3,4);;;1H2/q;;+1;+2;/p-3/t2-,3-;;;;/m1..../s1. The molecule has 0 amide bonds. The molecule has 0 aromatic carbocycles. The van der Waals surface area contributed by atoms with Crippen molar-refractivity contribution in [3.63, 3.8) is 0 Å². The molecule has 3 atom stereocenters. The number of hydrogen-bond acceptors (Lipinski definition) is 8. The van der Waals surface area contributed by atoms with E-state index in [2.05, 4.69) is 0 Å². The van der Waals surface area contributed by atoms with Crippen molar-refractivity contribution in [1.82, 2.24) is 0 Å². The zero-order valence-electron chi connectivity index (χ0n) is 8.02. The smallest absolute Gasteiger partial charge is 2.00 e. The van der Waals surface area contributed by atoms with Gasteiger partial charge in [0, 0.05) is 0 Å². The molecule has 0 bridgehead atoms. The first-order valence-corrected chi connectivity index (χ1v) is 5.76. The summed E-state index contributed by atoms with van der Waals surface area (Å²) in [7, 11) is 0. The van der Waals surface area contributed by atoms with Gasteiger partial charge < -0.3 is 15.0 Å². The van der Waals surface area contributed by atoms with Crippen LogP contribution in [0.4, 0.5) is 4.79 Å². The number of carbonyl (C=O) groups excluding carboxylic acids is 1. The second kappa shape index (κ2) is 12.6. The summed E-state index contributed by atoms with van der Waals surface area (Å²) < 4.78 is 6.90. The van der Waals surface area contributed by atoms with Crippen LogP contribution in [0.1, 0.15) is 0 Å². The molecule has 86 valence electrons. The predicted octanol–water partition coefficient (Wildman–Crippen LogP) is -6.11. The molecule has 9 nitrogen and oxygen atoms in total. The largest absolute Gasteiger partial charge is 2.00 e. The van der Waals surface area contributed by atoms with Gasteiger partial charge >= 0.3 is 120 Å². The second-order valence-electron chi connectivity index (χ2n) is 2.27. The normalized spacial score (nSPS) is 14.0. The minimum atomic E-state index is -2.31. The van der Waals surface area contributed by atoms with E-state index in [1.165, 1.54) is 0 Å². The van der Waals surface area contributed by atoms with Crippen LogP contribution in [0.5, 0.6) is 0 Å². The molecule has 5 N–H and O–H groups in total. The van der Waals surface area contributed by atoms with Gasteiger partial charge in [0.15, 0.2) is 0 Å². The van der Waals surface area contributed by atoms with Crippen LogP contribution in [0.25, 0.3) is 0 Å². The average Bonchev–Trinajstić information content (AvgIpc) is 2.13. The van der Waals surface area contributed by atoms with Crippen LogP contribution in [-0.2, 0) is 4.79 Å². The SMILES string of the molecule is O=C([O-])O.O=C([O-])[C@H](O)[C@H](O)[C@H](O)[Ca][OH].[Ca+2]. The van der Waals surface area contributed by atoms with Crippen LogP contribution in [-0.4, -0.2) is 121 Å². The van der Waals surface area contributed by atoms with Crippen LogP contribution in [0.3, 0.4) is 0 Å². The monoisotopic (exact) mass is 292 g/mol. The first kappa shape index (κ1) is 22.3. The van der Waals surface area contributed by atoms with Gasteiger partial charge in [-0.15, -0.1) is 0 Å². The van der Waals surface area contributed by atoms with E-state index in [-0.39, 0.29) is 37.7 Å². The van der Waals surface area contributed by atoms with Crippen LogP contribution >= 0.6 is 0 Å². The van der Waals surface area contributed by atoms with Gasteiger partial charge in [-0.2, -0.15) is 0 Å². The Bertz CT molecular complexity index is 206. The first-order valence-electron chi connectivity index (χ1n) is 3.49. The summed E-state index contributed by atoms with van der Waals surface area (Å²) in [6.45, 7) is 0. The van der Waals surface area contributed by atoms with Crippen LogP contribution in [0.15, 0.2) is 0 Å². The van der Waals surface area contributed by atoms with Gasteiger partial charge in [-0.25, -0.2) is 0 Å². The van der Waals surface area contributed by atoms with Crippen molar-refractivity contribution in [1.29, 1.82) is 0 Å². The molecule has 0 aliphatic heterocycles. The summed E-state index contributed by atoms with van der Waals surface area (Å²) in [6, 6.07) is 0. The van der Waals surface area contributed by atoms with Gasteiger partial charge in [0.25, 0.3) is 0 Å². The number of carboxylic acids is 1. The van der Waals surface area contributed by atoms with E-state index in [0.29, 0.717) is 0 Å². The van der Waals surface area contributed by atoms with Crippen molar-refractivity contribution >= 4 is 84.3 Å². The molecule has 0 aliphatic rings. The van der Waals surface area contributed by atoms with Gasteiger partial charge in [0.1, 0.15) is 0 Å². The van der Waals surface area contributed by atoms with Gasteiger partial charge in [0.05, 0.1) is 0 Å². The van der Waals surface area contributed by atoms with Gasteiger partial charge in [-0.3, -0.25) is 0 Å². The molecule has 0 aromatic rings. The zero-order chi connectivity index (χ0) is 12.6. The van der Waals surface area contributed by atoms with E-state index in [1.807, 2.05) is 0 Å². The summed E-state index contributed by atoms with van der Waals surface area (Å²) in [4.78, 5) is 18.3. The molecule has 0 unspecified atom stereocenters. The summed E-state index contributed by atoms with van der Waals surface area (Å²) in [5.74, 6) is -1.87. The number of rotatable bonds is 4. The predicted molar refractivity (Wildman–Crippen MR) is 44.8 cm³/mol. The maximum Gasteiger partial charge on any atom is 2.00 e. The van der Waals surface area contributed by atoms with E-state index in [0.717, 1.165) is 0 Å². The number of carbonyl (C=O) groups is 2. The van der Waals surface area contributed by atoms with Crippen molar-refractivity contribution < 1.29 is 42.0 Å². The third-order valence-corrected chi connectivity index (χ3v) is 2.48. The van der Waals surface area contributed by atoms with Crippen molar-refractivity contribution in [2.24, 2.45) is 0 Å². The first-order chi connectivity index (χ1) is 6.73. The molecule has 0 saturated heterocycles. The third kappa shape index (κ3) is 13.2. The molecule has 16 heavy (non-hydrogen) atoms. The Balaban J connectivity index is -0.000000292. The molecule has 0 aromatic heterocycles. The Morgan fingerprint density at radius 1 is 1.12 bits per heavy atom. The molecule has 0 aliphatic carbocycles. The van der Waals surface area contributed by atoms with Gasteiger partial charge in [-0.1, -0.05) is 0 Å². The molecule has 0 rings (SSSR count). The van der Waals surface area contributed by atoms with Crippen LogP contribution in [0.2, 0.25) is 0 Å².